The molecule has 3 aromatic rings. The largest absolute Gasteiger partial charge is 0.392 e. The zero-order valence-electron chi connectivity index (χ0n) is 16.4. The molecule has 4 nitrogen and oxygen atoms in total. The molecule has 0 saturated heterocycles. The van der Waals surface area contributed by atoms with Crippen LogP contribution in [0.5, 0.6) is 0 Å². The summed E-state index contributed by atoms with van der Waals surface area (Å²) in [6, 6.07) is 19.2. The first kappa shape index (κ1) is 19.8. The van der Waals surface area contributed by atoms with Crippen molar-refractivity contribution >= 4 is 5.91 Å². The third-order valence-electron chi connectivity index (χ3n) is 4.60. The number of aliphatic hydroxyl groups excluding tert-OH is 1. The minimum Gasteiger partial charge on any atom is -0.392 e. The first-order valence-corrected chi connectivity index (χ1v) is 9.56. The van der Waals surface area contributed by atoms with Gasteiger partial charge in [-0.2, -0.15) is 0 Å². The monoisotopic (exact) mass is 374 g/mol. The molecule has 0 radical (unpaired) electrons. The maximum absolute atomic E-state index is 13.3. The van der Waals surface area contributed by atoms with Gasteiger partial charge in [-0.1, -0.05) is 50.2 Å². The van der Waals surface area contributed by atoms with Crippen molar-refractivity contribution in [1.29, 1.82) is 0 Å². The molecule has 0 aliphatic rings. The standard InChI is InChI=1S/C24H26N2O2/c1-18(2)15-26(16-19-10-12-25-13-11-19)24(28)21-8-5-7-20(14-21)23-9-4-3-6-22(23)17-27/h3-14,18,27H,15-17H2,1-2H3. The first-order chi connectivity index (χ1) is 13.6. The molecule has 0 aliphatic heterocycles. The highest BCUT2D eigenvalue weighted by Gasteiger charge is 2.18. The fourth-order valence-corrected chi connectivity index (χ4v) is 3.31. The van der Waals surface area contributed by atoms with Crippen molar-refractivity contribution in [2.45, 2.75) is 27.0 Å². The van der Waals surface area contributed by atoms with E-state index < -0.39 is 0 Å². The fraction of sp³-hybridized carbons (Fsp3) is 0.250. The van der Waals surface area contributed by atoms with Crippen molar-refractivity contribution in [1.82, 2.24) is 9.88 Å². The summed E-state index contributed by atoms with van der Waals surface area (Å²) in [5, 5.41) is 9.63. The topological polar surface area (TPSA) is 53.4 Å². The molecular formula is C24H26N2O2. The summed E-state index contributed by atoms with van der Waals surface area (Å²) in [5.74, 6) is 0.373. The molecule has 1 N–H and O–H groups in total. The van der Waals surface area contributed by atoms with Crippen molar-refractivity contribution in [3.63, 3.8) is 0 Å². The Morgan fingerprint density at radius 1 is 1.04 bits per heavy atom. The molecule has 0 saturated carbocycles. The van der Waals surface area contributed by atoms with Crippen LogP contribution in [-0.2, 0) is 13.2 Å². The van der Waals surface area contributed by atoms with Crippen molar-refractivity contribution in [3.05, 3.63) is 89.7 Å². The molecule has 0 spiro atoms. The molecule has 0 unspecified atom stereocenters. The van der Waals surface area contributed by atoms with E-state index in [1.807, 2.05) is 65.6 Å². The second-order valence-corrected chi connectivity index (χ2v) is 7.33. The Labute approximate surface area is 166 Å². The Morgan fingerprint density at radius 3 is 2.50 bits per heavy atom. The van der Waals surface area contributed by atoms with Crippen LogP contribution in [-0.4, -0.2) is 27.4 Å². The van der Waals surface area contributed by atoms with Crippen LogP contribution in [0.15, 0.2) is 73.1 Å². The third kappa shape index (κ3) is 4.84. The number of carbonyl (C=O) groups excluding carboxylic acids is 1. The number of benzene rings is 2. The molecule has 144 valence electrons. The summed E-state index contributed by atoms with van der Waals surface area (Å²) < 4.78 is 0. The van der Waals surface area contributed by atoms with Gasteiger partial charge in [-0.05, 0) is 52.4 Å². The summed E-state index contributed by atoms with van der Waals surface area (Å²) in [6.07, 6.45) is 3.50. The first-order valence-electron chi connectivity index (χ1n) is 9.56. The predicted molar refractivity (Wildman–Crippen MR) is 112 cm³/mol. The van der Waals surface area contributed by atoms with Crippen LogP contribution in [0.4, 0.5) is 0 Å². The van der Waals surface area contributed by atoms with Crippen molar-refractivity contribution < 1.29 is 9.90 Å². The van der Waals surface area contributed by atoms with Gasteiger partial charge in [-0.25, -0.2) is 0 Å². The molecular weight excluding hydrogens is 348 g/mol. The van der Waals surface area contributed by atoms with E-state index in [0.717, 1.165) is 22.3 Å². The zero-order valence-corrected chi connectivity index (χ0v) is 16.4. The van der Waals surface area contributed by atoms with Crippen LogP contribution in [0.2, 0.25) is 0 Å². The molecule has 1 amide bonds. The number of rotatable bonds is 7. The number of nitrogens with zero attached hydrogens (tertiary/aromatic N) is 2. The minimum atomic E-state index is -0.0319. The van der Waals surface area contributed by atoms with E-state index in [4.69, 9.17) is 0 Å². The number of hydrogen-bond donors (Lipinski definition) is 1. The molecule has 0 aliphatic carbocycles. The summed E-state index contributed by atoms with van der Waals surface area (Å²) in [4.78, 5) is 19.2. The average Bonchev–Trinajstić information content (AvgIpc) is 2.73. The van der Waals surface area contributed by atoms with Crippen LogP contribution < -0.4 is 0 Å². The van der Waals surface area contributed by atoms with Gasteiger partial charge in [0.15, 0.2) is 0 Å². The lowest BCUT2D eigenvalue weighted by Gasteiger charge is -2.25. The van der Waals surface area contributed by atoms with Crippen molar-refractivity contribution in [3.8, 4) is 11.1 Å². The normalized spacial score (nSPS) is 10.9. The second kappa shape index (κ2) is 9.29. The molecule has 0 fully saturated rings. The van der Waals surface area contributed by atoms with Gasteiger partial charge in [0.2, 0.25) is 0 Å². The summed E-state index contributed by atoms with van der Waals surface area (Å²) in [6.45, 7) is 5.42. The van der Waals surface area contributed by atoms with Gasteiger partial charge in [-0.3, -0.25) is 9.78 Å². The lowest BCUT2D eigenvalue weighted by atomic mass is 9.98. The third-order valence-corrected chi connectivity index (χ3v) is 4.60. The molecule has 3 rings (SSSR count). The lowest BCUT2D eigenvalue weighted by molar-refractivity contribution is 0.0722. The van der Waals surface area contributed by atoms with E-state index in [2.05, 4.69) is 18.8 Å². The summed E-state index contributed by atoms with van der Waals surface area (Å²) in [5.41, 5.74) is 4.45. The number of aromatic nitrogens is 1. The highest BCUT2D eigenvalue weighted by molar-refractivity contribution is 5.95. The van der Waals surface area contributed by atoms with E-state index in [0.29, 0.717) is 24.6 Å². The maximum Gasteiger partial charge on any atom is 0.254 e. The Kier molecular flexibility index (Phi) is 6.56. The van der Waals surface area contributed by atoms with E-state index in [1.54, 1.807) is 12.4 Å². The number of amides is 1. The highest BCUT2D eigenvalue weighted by atomic mass is 16.3. The highest BCUT2D eigenvalue weighted by Crippen LogP contribution is 2.25. The Bertz CT molecular complexity index is 923. The van der Waals surface area contributed by atoms with Gasteiger partial charge in [-0.15, -0.1) is 0 Å². The van der Waals surface area contributed by atoms with Gasteiger partial charge < -0.3 is 10.0 Å². The fourth-order valence-electron chi connectivity index (χ4n) is 3.31. The molecule has 0 bridgehead atoms. The van der Waals surface area contributed by atoms with Crippen LogP contribution in [0, 0.1) is 5.92 Å². The Morgan fingerprint density at radius 2 is 1.79 bits per heavy atom. The molecule has 1 heterocycles. The zero-order chi connectivity index (χ0) is 19.9. The number of aliphatic hydroxyl groups is 1. The molecule has 4 heteroatoms. The van der Waals surface area contributed by atoms with E-state index in [1.165, 1.54) is 0 Å². The Hall–Kier alpha value is -2.98. The predicted octanol–water partition coefficient (Wildman–Crippen LogP) is 4.54. The Balaban J connectivity index is 1.90. The van der Waals surface area contributed by atoms with Gasteiger partial charge >= 0.3 is 0 Å². The van der Waals surface area contributed by atoms with Gasteiger partial charge in [0.05, 0.1) is 6.61 Å². The number of carbonyl (C=O) groups is 1. The smallest absolute Gasteiger partial charge is 0.254 e. The lowest BCUT2D eigenvalue weighted by Crippen LogP contribution is -2.33. The second-order valence-electron chi connectivity index (χ2n) is 7.33. The van der Waals surface area contributed by atoms with Crippen LogP contribution in [0.25, 0.3) is 11.1 Å². The quantitative estimate of drug-likeness (QED) is 0.661. The number of pyridine rings is 1. The van der Waals surface area contributed by atoms with Gasteiger partial charge in [0.1, 0.15) is 0 Å². The van der Waals surface area contributed by atoms with Gasteiger partial charge in [0, 0.05) is 31.0 Å². The molecule has 1 aromatic heterocycles. The number of hydrogen-bond acceptors (Lipinski definition) is 3. The van der Waals surface area contributed by atoms with Gasteiger partial charge in [0.25, 0.3) is 5.91 Å². The van der Waals surface area contributed by atoms with Crippen LogP contribution in [0.1, 0.15) is 35.3 Å². The summed E-state index contributed by atoms with van der Waals surface area (Å²) in [7, 11) is 0. The molecule has 2 aromatic carbocycles. The SMILES string of the molecule is CC(C)CN(Cc1ccncc1)C(=O)c1cccc(-c2ccccc2CO)c1. The minimum absolute atomic E-state index is 0.00819. The van der Waals surface area contributed by atoms with Crippen molar-refractivity contribution in [2.75, 3.05) is 6.54 Å². The van der Waals surface area contributed by atoms with Crippen LogP contribution in [0.3, 0.4) is 0 Å². The maximum atomic E-state index is 13.3. The van der Waals surface area contributed by atoms with E-state index in [9.17, 15) is 9.90 Å². The average molecular weight is 374 g/mol. The molecule has 0 atom stereocenters. The van der Waals surface area contributed by atoms with E-state index in [-0.39, 0.29) is 12.5 Å². The van der Waals surface area contributed by atoms with Crippen molar-refractivity contribution in [2.24, 2.45) is 5.92 Å². The van der Waals surface area contributed by atoms with Crippen LogP contribution >= 0.6 is 0 Å². The van der Waals surface area contributed by atoms with E-state index >= 15 is 0 Å². The summed E-state index contributed by atoms with van der Waals surface area (Å²) >= 11 is 0. The molecule has 28 heavy (non-hydrogen) atoms.